The molecule has 3 N–H and O–H groups in total. The fourth-order valence-corrected chi connectivity index (χ4v) is 6.12. The minimum absolute atomic E-state index is 0.0562. The van der Waals surface area contributed by atoms with Crippen LogP contribution in [0.5, 0.6) is 0 Å². The highest BCUT2D eigenvalue weighted by atomic mass is 16.2. The Kier molecular flexibility index (Phi) is 13.5. The average Bonchev–Trinajstić information content (AvgIpc) is 2.95. The van der Waals surface area contributed by atoms with Crippen LogP contribution < -0.4 is 11.1 Å². The van der Waals surface area contributed by atoms with Crippen molar-refractivity contribution in [3.05, 3.63) is 69.8 Å². The van der Waals surface area contributed by atoms with E-state index in [9.17, 15) is 9.59 Å². The van der Waals surface area contributed by atoms with Gasteiger partial charge in [0.05, 0.1) is 0 Å². The van der Waals surface area contributed by atoms with Gasteiger partial charge in [0.2, 0.25) is 11.8 Å². The highest BCUT2D eigenvalue weighted by Crippen LogP contribution is 2.26. The molecule has 3 rings (SSSR count). The highest BCUT2D eigenvalue weighted by Gasteiger charge is 2.38. The summed E-state index contributed by atoms with van der Waals surface area (Å²) in [5.74, 6) is 0.883. The number of nitrogens with zero attached hydrogens (tertiary/aromatic N) is 2. The van der Waals surface area contributed by atoms with Gasteiger partial charge >= 0.3 is 0 Å². The largest absolute Gasteiger partial charge is 0.336 e. The van der Waals surface area contributed by atoms with Gasteiger partial charge in [-0.15, -0.1) is 0 Å². The molecule has 0 spiro atoms. The summed E-state index contributed by atoms with van der Waals surface area (Å²) in [6.07, 6.45) is 6.39. The Morgan fingerprint density at radius 1 is 0.786 bits per heavy atom. The highest BCUT2D eigenvalue weighted by molar-refractivity contribution is 5.79. The van der Waals surface area contributed by atoms with E-state index < -0.39 is 0 Å². The predicted octanol–water partition coefficient (Wildman–Crippen LogP) is 5.66. The van der Waals surface area contributed by atoms with Gasteiger partial charge < -0.3 is 20.9 Å². The molecule has 0 aliphatic carbocycles. The van der Waals surface area contributed by atoms with E-state index in [-0.39, 0.29) is 23.9 Å². The van der Waals surface area contributed by atoms with Crippen molar-refractivity contribution in [1.82, 2.24) is 15.1 Å². The van der Waals surface area contributed by atoms with Crippen LogP contribution in [0.2, 0.25) is 0 Å². The summed E-state index contributed by atoms with van der Waals surface area (Å²) in [5.41, 5.74) is 13.1. The van der Waals surface area contributed by atoms with Crippen molar-refractivity contribution in [2.75, 3.05) is 32.7 Å². The van der Waals surface area contributed by atoms with Crippen LogP contribution >= 0.6 is 0 Å². The zero-order valence-corrected chi connectivity index (χ0v) is 27.2. The molecule has 0 saturated carbocycles. The lowest BCUT2D eigenvalue weighted by Gasteiger charge is -2.47. The van der Waals surface area contributed by atoms with Crippen LogP contribution in [0.1, 0.15) is 85.8 Å². The van der Waals surface area contributed by atoms with Crippen molar-refractivity contribution in [3.8, 4) is 0 Å². The minimum Gasteiger partial charge on any atom is -0.336 e. The van der Waals surface area contributed by atoms with E-state index in [1.165, 1.54) is 33.4 Å². The third-order valence-corrected chi connectivity index (χ3v) is 8.94. The van der Waals surface area contributed by atoms with E-state index in [1.807, 2.05) is 0 Å². The van der Waals surface area contributed by atoms with E-state index in [0.29, 0.717) is 38.4 Å². The predicted molar refractivity (Wildman–Crippen MR) is 175 cm³/mol. The second-order valence-electron chi connectivity index (χ2n) is 12.9. The summed E-state index contributed by atoms with van der Waals surface area (Å²) in [7, 11) is 0. The molecule has 232 valence electrons. The maximum Gasteiger partial charge on any atom is 0.223 e. The van der Waals surface area contributed by atoms with Crippen LogP contribution in [-0.2, 0) is 22.4 Å². The van der Waals surface area contributed by atoms with E-state index in [1.54, 1.807) is 0 Å². The van der Waals surface area contributed by atoms with Gasteiger partial charge in [0.25, 0.3) is 0 Å². The molecule has 6 nitrogen and oxygen atoms in total. The summed E-state index contributed by atoms with van der Waals surface area (Å²) < 4.78 is 0. The van der Waals surface area contributed by atoms with E-state index in [0.717, 1.165) is 51.6 Å². The first-order valence-corrected chi connectivity index (χ1v) is 16.2. The van der Waals surface area contributed by atoms with E-state index in [2.05, 4.69) is 93.1 Å². The van der Waals surface area contributed by atoms with Gasteiger partial charge in [-0.05, 0) is 106 Å². The van der Waals surface area contributed by atoms with Gasteiger partial charge in [-0.2, -0.15) is 0 Å². The van der Waals surface area contributed by atoms with Gasteiger partial charge in [0.1, 0.15) is 0 Å². The fourth-order valence-electron chi connectivity index (χ4n) is 6.12. The first-order valence-electron chi connectivity index (χ1n) is 16.2. The monoisotopic (exact) mass is 576 g/mol. The fraction of sp³-hybridized carbons (Fsp3) is 0.611. The second-order valence-corrected chi connectivity index (χ2v) is 12.9. The quantitative estimate of drug-likeness (QED) is 0.268. The summed E-state index contributed by atoms with van der Waals surface area (Å²) >= 11 is 0. The van der Waals surface area contributed by atoms with E-state index in [4.69, 9.17) is 5.73 Å². The molecule has 0 bridgehead atoms. The Hall–Kier alpha value is -2.70. The van der Waals surface area contributed by atoms with Crippen LogP contribution in [0, 0.1) is 33.6 Å². The topological polar surface area (TPSA) is 78.7 Å². The van der Waals surface area contributed by atoms with Crippen LogP contribution in [0.25, 0.3) is 0 Å². The molecule has 1 saturated heterocycles. The van der Waals surface area contributed by atoms with Gasteiger partial charge in [0, 0.05) is 51.1 Å². The normalized spacial score (nSPS) is 17.2. The molecule has 1 heterocycles. The Labute approximate surface area is 255 Å². The maximum absolute atomic E-state index is 13.8. The molecule has 0 unspecified atom stereocenters. The zero-order chi connectivity index (χ0) is 30.6. The Morgan fingerprint density at radius 2 is 1.31 bits per heavy atom. The lowest BCUT2D eigenvalue weighted by atomic mass is 9.94. The number of hydrogen-bond donors (Lipinski definition) is 2. The number of nitrogens with two attached hydrogens (primary N) is 1. The average molecular weight is 577 g/mol. The van der Waals surface area contributed by atoms with Crippen LogP contribution in [0.4, 0.5) is 0 Å². The van der Waals surface area contributed by atoms with Gasteiger partial charge in [-0.25, -0.2) is 0 Å². The molecule has 1 fully saturated rings. The Balaban J connectivity index is 1.73. The smallest absolute Gasteiger partial charge is 0.223 e. The molecule has 0 aromatic heterocycles. The van der Waals surface area contributed by atoms with Crippen molar-refractivity contribution in [2.45, 2.75) is 105 Å². The summed E-state index contributed by atoms with van der Waals surface area (Å²) in [5, 5.41) is 3.38. The number of piperazine rings is 1. The molecule has 0 radical (unpaired) electrons. The summed E-state index contributed by atoms with van der Waals surface area (Å²) in [6, 6.07) is 13.1. The Morgan fingerprint density at radius 3 is 1.81 bits per heavy atom. The number of nitrogens with one attached hydrogen (secondary N) is 1. The zero-order valence-electron chi connectivity index (χ0n) is 27.2. The molecular weight excluding hydrogens is 520 g/mol. The Bertz CT molecular complexity index is 1160. The molecule has 2 aromatic carbocycles. The molecule has 2 atom stereocenters. The number of amides is 2. The number of unbranched alkanes of at least 4 members (excludes halogenated alkanes) is 1. The van der Waals surface area contributed by atoms with Crippen molar-refractivity contribution >= 4 is 11.8 Å². The van der Waals surface area contributed by atoms with Crippen LogP contribution in [-0.4, -0.2) is 66.4 Å². The number of hydrogen-bond acceptors (Lipinski definition) is 4. The third kappa shape index (κ3) is 10.2. The molecule has 1 aliphatic heterocycles. The number of carbonyl (C=O) groups is 2. The van der Waals surface area contributed by atoms with Crippen molar-refractivity contribution in [2.24, 2.45) is 11.7 Å². The molecule has 6 heteroatoms. The minimum atomic E-state index is 0.0562. The first-order chi connectivity index (χ1) is 20.1. The van der Waals surface area contributed by atoms with Gasteiger partial charge in [-0.3, -0.25) is 9.59 Å². The SMILES string of the molecule is Cc1ccc(CCC(=O)N2C[C@H](CCCCNCCN)N(C(=O)CCc3ccc(C)c(C)c3)C[C@H]2CC(C)C)cc1C. The third-order valence-electron chi connectivity index (χ3n) is 8.94. The van der Waals surface area contributed by atoms with Gasteiger partial charge in [-0.1, -0.05) is 56.7 Å². The van der Waals surface area contributed by atoms with Crippen molar-refractivity contribution < 1.29 is 9.59 Å². The van der Waals surface area contributed by atoms with Crippen molar-refractivity contribution in [3.63, 3.8) is 0 Å². The number of aryl methyl sites for hydroxylation is 6. The number of rotatable bonds is 15. The lowest BCUT2D eigenvalue weighted by molar-refractivity contribution is -0.147. The second kappa shape index (κ2) is 16.8. The molecular formula is C36H56N4O2. The summed E-state index contributed by atoms with van der Waals surface area (Å²) in [6.45, 7) is 16.6. The maximum atomic E-state index is 13.8. The standard InChI is InChI=1S/C36H56N4O2/c1-26(2)21-34-25-39(35(41)16-14-31-12-10-27(3)29(5)22-31)33(9-7-8-19-38-20-18-37)24-40(34)36(42)17-15-32-13-11-28(4)30(6)23-32/h10-13,22-23,26,33-34,38H,7-9,14-21,24-25,37H2,1-6H3/t33-,34+/m0/s1. The van der Waals surface area contributed by atoms with Crippen LogP contribution in [0.15, 0.2) is 36.4 Å². The lowest BCUT2D eigenvalue weighted by Crippen LogP contribution is -2.61. The number of benzene rings is 2. The molecule has 1 aliphatic rings. The molecule has 2 aromatic rings. The first kappa shape index (κ1) is 33.8. The number of carbonyl (C=O) groups excluding carboxylic acids is 2. The van der Waals surface area contributed by atoms with Gasteiger partial charge in [0.15, 0.2) is 0 Å². The molecule has 2 amide bonds. The van der Waals surface area contributed by atoms with E-state index >= 15 is 0 Å². The van der Waals surface area contributed by atoms with Crippen molar-refractivity contribution in [1.29, 1.82) is 0 Å². The summed E-state index contributed by atoms with van der Waals surface area (Å²) in [4.78, 5) is 31.8. The van der Waals surface area contributed by atoms with Crippen LogP contribution in [0.3, 0.4) is 0 Å². The molecule has 42 heavy (non-hydrogen) atoms.